The molecule has 1 fully saturated rings. The Labute approximate surface area is 167 Å². The van der Waals surface area contributed by atoms with Crippen molar-refractivity contribution in [3.63, 3.8) is 0 Å². The average Bonchev–Trinajstić information content (AvgIpc) is 3.40. The number of nitrogens with zero attached hydrogens (tertiary/aromatic N) is 1. The third-order valence-corrected chi connectivity index (χ3v) is 6.12. The van der Waals surface area contributed by atoms with Crippen molar-refractivity contribution in [2.75, 3.05) is 13.7 Å². The molecule has 1 aliphatic carbocycles. The number of thiophene rings is 1. The van der Waals surface area contributed by atoms with Crippen LogP contribution < -0.4 is 14.8 Å². The molecule has 2 heterocycles. The summed E-state index contributed by atoms with van der Waals surface area (Å²) in [5.41, 5.74) is 1.07. The number of nitrogens with one attached hydrogen (secondary N) is 1. The van der Waals surface area contributed by atoms with Gasteiger partial charge in [0.05, 0.1) is 30.4 Å². The molecule has 7 heteroatoms. The summed E-state index contributed by atoms with van der Waals surface area (Å²) in [7, 11) is 1.58. The number of ether oxygens (including phenoxy) is 2. The van der Waals surface area contributed by atoms with Gasteiger partial charge in [0, 0.05) is 21.2 Å². The number of pyridine rings is 1. The first-order chi connectivity index (χ1) is 13.5. The Balaban J connectivity index is 1.58. The topological polar surface area (TPSA) is 80.7 Å². The summed E-state index contributed by atoms with van der Waals surface area (Å²) in [6.07, 6.45) is 3.31. The highest BCUT2D eigenvalue weighted by atomic mass is 32.1. The maximum absolute atomic E-state index is 12.8. The molecule has 0 radical (unpaired) electrons. The third kappa shape index (κ3) is 3.55. The second-order valence-electron chi connectivity index (χ2n) is 7.04. The first-order valence-corrected chi connectivity index (χ1v) is 9.94. The Morgan fingerprint density at radius 3 is 2.89 bits per heavy atom. The van der Waals surface area contributed by atoms with Gasteiger partial charge in [-0.05, 0) is 50.1 Å². The zero-order chi connectivity index (χ0) is 19.7. The SMILES string of the molecule is COc1ncccc1COc1ccc2sc(C)c(C(=O)NC3(CO)CC3)c2c1. The minimum absolute atomic E-state index is 0.0266. The number of rotatable bonds is 7. The van der Waals surface area contributed by atoms with E-state index in [4.69, 9.17) is 9.47 Å². The van der Waals surface area contributed by atoms with Gasteiger partial charge >= 0.3 is 0 Å². The molecular weight excluding hydrogens is 376 g/mol. The van der Waals surface area contributed by atoms with E-state index in [1.54, 1.807) is 24.6 Å². The molecule has 2 aromatic heterocycles. The van der Waals surface area contributed by atoms with Crippen LogP contribution >= 0.6 is 11.3 Å². The number of hydrogen-bond acceptors (Lipinski definition) is 6. The quantitative estimate of drug-likeness (QED) is 0.637. The number of aromatic nitrogens is 1. The number of aliphatic hydroxyl groups excluding tert-OH is 1. The lowest BCUT2D eigenvalue weighted by atomic mass is 10.1. The molecule has 146 valence electrons. The lowest BCUT2D eigenvalue weighted by Crippen LogP contribution is -2.39. The van der Waals surface area contributed by atoms with Crippen LogP contribution in [0.15, 0.2) is 36.5 Å². The van der Waals surface area contributed by atoms with Crippen molar-refractivity contribution in [1.29, 1.82) is 0 Å². The second kappa shape index (κ2) is 7.41. The molecule has 0 saturated heterocycles. The smallest absolute Gasteiger partial charge is 0.253 e. The predicted octanol–water partition coefficient (Wildman–Crippen LogP) is 3.45. The summed E-state index contributed by atoms with van der Waals surface area (Å²) in [5.74, 6) is 1.07. The van der Waals surface area contributed by atoms with Crippen molar-refractivity contribution in [1.82, 2.24) is 10.3 Å². The molecular formula is C21H22N2O4S. The Morgan fingerprint density at radius 2 is 2.18 bits per heavy atom. The van der Waals surface area contributed by atoms with Crippen molar-refractivity contribution >= 4 is 27.3 Å². The van der Waals surface area contributed by atoms with E-state index in [1.807, 2.05) is 37.3 Å². The molecule has 1 aliphatic rings. The maximum Gasteiger partial charge on any atom is 0.253 e. The highest BCUT2D eigenvalue weighted by molar-refractivity contribution is 7.19. The summed E-state index contributed by atoms with van der Waals surface area (Å²) in [6, 6.07) is 9.51. The minimum atomic E-state index is -0.442. The van der Waals surface area contributed by atoms with Gasteiger partial charge in [-0.1, -0.05) is 0 Å². The van der Waals surface area contributed by atoms with Gasteiger partial charge in [0.2, 0.25) is 5.88 Å². The maximum atomic E-state index is 12.8. The zero-order valence-electron chi connectivity index (χ0n) is 15.8. The Hall–Kier alpha value is -2.64. The summed E-state index contributed by atoms with van der Waals surface area (Å²) >= 11 is 1.58. The fourth-order valence-electron chi connectivity index (χ4n) is 3.23. The molecule has 0 atom stereocenters. The molecule has 6 nitrogen and oxygen atoms in total. The number of methoxy groups -OCH3 is 1. The second-order valence-corrected chi connectivity index (χ2v) is 8.30. The number of benzene rings is 1. The Kier molecular flexibility index (Phi) is 4.95. The van der Waals surface area contributed by atoms with Crippen LogP contribution in [0.4, 0.5) is 0 Å². The van der Waals surface area contributed by atoms with E-state index in [2.05, 4.69) is 10.3 Å². The number of aryl methyl sites for hydroxylation is 1. The van der Waals surface area contributed by atoms with E-state index in [0.29, 0.717) is 23.8 Å². The van der Waals surface area contributed by atoms with Gasteiger partial charge in [0.25, 0.3) is 5.91 Å². The standard InChI is InChI=1S/C21H22N2O4S/c1-13-18(19(25)23-21(12-24)7-8-21)16-10-15(5-6-17(16)28-13)27-11-14-4-3-9-22-20(14)26-2/h3-6,9-10,24H,7-8,11-12H2,1-2H3,(H,23,25). The van der Waals surface area contributed by atoms with Gasteiger partial charge in [0.15, 0.2) is 0 Å². The van der Waals surface area contributed by atoms with Gasteiger partial charge in [-0.15, -0.1) is 11.3 Å². The van der Waals surface area contributed by atoms with Gasteiger partial charge in [-0.25, -0.2) is 4.98 Å². The Bertz CT molecular complexity index is 1030. The molecule has 0 unspecified atom stereocenters. The summed E-state index contributed by atoms with van der Waals surface area (Å²) < 4.78 is 12.2. The van der Waals surface area contributed by atoms with Crippen LogP contribution in [0.25, 0.3) is 10.1 Å². The number of amides is 1. The van der Waals surface area contributed by atoms with Gasteiger partial charge < -0.3 is 19.9 Å². The highest BCUT2D eigenvalue weighted by Crippen LogP contribution is 2.37. The number of carbonyl (C=O) groups excluding carboxylic acids is 1. The summed E-state index contributed by atoms with van der Waals surface area (Å²) in [5, 5.41) is 13.4. The van der Waals surface area contributed by atoms with Crippen LogP contribution in [0.2, 0.25) is 0 Å². The van der Waals surface area contributed by atoms with Crippen LogP contribution in [-0.2, 0) is 6.61 Å². The lowest BCUT2D eigenvalue weighted by molar-refractivity contribution is 0.0908. The van der Waals surface area contributed by atoms with E-state index >= 15 is 0 Å². The first-order valence-electron chi connectivity index (χ1n) is 9.12. The molecule has 4 rings (SSSR count). The fourth-order valence-corrected chi connectivity index (χ4v) is 4.27. The van der Waals surface area contributed by atoms with E-state index in [-0.39, 0.29) is 12.5 Å². The van der Waals surface area contributed by atoms with E-state index in [0.717, 1.165) is 33.4 Å². The van der Waals surface area contributed by atoms with Crippen LogP contribution in [0, 0.1) is 6.92 Å². The molecule has 0 aliphatic heterocycles. The van der Waals surface area contributed by atoms with Crippen LogP contribution in [-0.4, -0.2) is 35.3 Å². The van der Waals surface area contributed by atoms with Gasteiger partial charge in [0.1, 0.15) is 12.4 Å². The molecule has 1 aromatic carbocycles. The van der Waals surface area contributed by atoms with Crippen LogP contribution in [0.5, 0.6) is 11.6 Å². The van der Waals surface area contributed by atoms with Crippen LogP contribution in [0.1, 0.15) is 33.6 Å². The average molecular weight is 398 g/mol. The van der Waals surface area contributed by atoms with Crippen molar-refractivity contribution in [2.45, 2.75) is 31.9 Å². The molecule has 3 aromatic rings. The molecule has 2 N–H and O–H groups in total. The molecule has 1 saturated carbocycles. The van der Waals surface area contributed by atoms with Crippen molar-refractivity contribution in [3.05, 3.63) is 52.5 Å². The van der Waals surface area contributed by atoms with Gasteiger partial charge in [-0.2, -0.15) is 0 Å². The number of fused-ring (bicyclic) bond motifs is 1. The van der Waals surface area contributed by atoms with E-state index < -0.39 is 5.54 Å². The predicted molar refractivity (Wildman–Crippen MR) is 108 cm³/mol. The number of aliphatic hydroxyl groups is 1. The zero-order valence-corrected chi connectivity index (χ0v) is 16.6. The summed E-state index contributed by atoms with van der Waals surface area (Å²) in [6.45, 7) is 2.24. The van der Waals surface area contributed by atoms with E-state index in [1.165, 1.54) is 0 Å². The lowest BCUT2D eigenvalue weighted by Gasteiger charge is -2.14. The summed E-state index contributed by atoms with van der Waals surface area (Å²) in [4.78, 5) is 18.0. The van der Waals surface area contributed by atoms with E-state index in [9.17, 15) is 9.90 Å². The number of hydrogen-bond donors (Lipinski definition) is 2. The number of carbonyl (C=O) groups is 1. The highest BCUT2D eigenvalue weighted by Gasteiger charge is 2.44. The third-order valence-electron chi connectivity index (χ3n) is 5.04. The van der Waals surface area contributed by atoms with Gasteiger partial charge in [-0.3, -0.25) is 4.79 Å². The largest absolute Gasteiger partial charge is 0.489 e. The fraction of sp³-hybridized carbons (Fsp3) is 0.333. The Morgan fingerprint density at radius 1 is 1.36 bits per heavy atom. The minimum Gasteiger partial charge on any atom is -0.489 e. The normalized spacial score (nSPS) is 14.7. The van der Waals surface area contributed by atoms with Crippen molar-refractivity contribution in [2.24, 2.45) is 0 Å². The molecule has 0 spiro atoms. The molecule has 1 amide bonds. The van der Waals surface area contributed by atoms with Crippen molar-refractivity contribution < 1.29 is 19.4 Å². The monoisotopic (exact) mass is 398 g/mol. The van der Waals surface area contributed by atoms with Crippen molar-refractivity contribution in [3.8, 4) is 11.6 Å². The van der Waals surface area contributed by atoms with Crippen LogP contribution in [0.3, 0.4) is 0 Å². The molecule has 0 bridgehead atoms. The molecule has 28 heavy (non-hydrogen) atoms. The first kappa shape index (κ1) is 18.7.